The highest BCUT2D eigenvalue weighted by atomic mass is 19.1. The molecule has 2 aromatic heterocycles. The zero-order valence-corrected chi connectivity index (χ0v) is 15.3. The van der Waals surface area contributed by atoms with Gasteiger partial charge in [0.2, 0.25) is 0 Å². The van der Waals surface area contributed by atoms with Crippen molar-refractivity contribution in [1.29, 1.82) is 0 Å². The molecule has 10 heteroatoms. The van der Waals surface area contributed by atoms with Crippen molar-refractivity contribution in [1.82, 2.24) is 20.0 Å². The van der Waals surface area contributed by atoms with Crippen LogP contribution >= 0.6 is 0 Å². The van der Waals surface area contributed by atoms with Crippen molar-refractivity contribution >= 4 is 23.2 Å². The highest BCUT2D eigenvalue weighted by Gasteiger charge is 2.18. The molecule has 0 radical (unpaired) electrons. The first-order valence-electron chi connectivity index (χ1n) is 8.72. The maximum Gasteiger partial charge on any atom is 0.252 e. The van der Waals surface area contributed by atoms with E-state index >= 15 is 0 Å². The zero-order chi connectivity index (χ0) is 20.1. The number of hydrogen-bond acceptors (Lipinski definition) is 7. The van der Waals surface area contributed by atoms with Crippen LogP contribution in [0.2, 0.25) is 0 Å². The Labute approximate surface area is 160 Å². The fourth-order valence-electron chi connectivity index (χ4n) is 2.59. The van der Waals surface area contributed by atoms with Crippen molar-refractivity contribution < 1.29 is 9.18 Å². The lowest BCUT2D eigenvalue weighted by atomic mass is 10.2. The summed E-state index contributed by atoms with van der Waals surface area (Å²) in [6.45, 7) is 2.24. The van der Waals surface area contributed by atoms with Gasteiger partial charge >= 0.3 is 0 Å². The van der Waals surface area contributed by atoms with Gasteiger partial charge in [0, 0.05) is 18.3 Å². The van der Waals surface area contributed by atoms with E-state index in [1.54, 1.807) is 30.6 Å². The van der Waals surface area contributed by atoms with Gasteiger partial charge in [-0.15, -0.1) is 0 Å². The Hall–Kier alpha value is -3.53. The molecule has 1 unspecified atom stereocenters. The van der Waals surface area contributed by atoms with E-state index in [-0.39, 0.29) is 23.2 Å². The highest BCUT2D eigenvalue weighted by Crippen LogP contribution is 2.25. The standard InChI is InChI=1S/C18H21FN8O/c1-2-11(10-20)24-18-15(19)9-14(16(21)28)17(26-18)25-12-4-3-5-13(8-12)27-22-6-7-23-27/h3-9,11H,2,10,20H2,1H3,(H2,21,28)(H2,24,25,26). The van der Waals surface area contributed by atoms with E-state index < -0.39 is 11.7 Å². The second-order valence-electron chi connectivity index (χ2n) is 6.06. The van der Waals surface area contributed by atoms with Gasteiger partial charge < -0.3 is 22.1 Å². The molecular weight excluding hydrogens is 363 g/mol. The number of halogens is 1. The molecule has 28 heavy (non-hydrogen) atoms. The van der Waals surface area contributed by atoms with Crippen molar-refractivity contribution in [3.63, 3.8) is 0 Å². The van der Waals surface area contributed by atoms with Gasteiger partial charge in [-0.25, -0.2) is 9.37 Å². The summed E-state index contributed by atoms with van der Waals surface area (Å²) >= 11 is 0. The van der Waals surface area contributed by atoms with E-state index in [1.807, 2.05) is 13.0 Å². The molecule has 1 atom stereocenters. The second kappa shape index (κ2) is 8.44. The number of benzene rings is 1. The Kier molecular flexibility index (Phi) is 5.80. The number of carbonyl (C=O) groups is 1. The molecule has 3 rings (SSSR count). The molecule has 9 nitrogen and oxygen atoms in total. The summed E-state index contributed by atoms with van der Waals surface area (Å²) in [4.78, 5) is 17.4. The van der Waals surface area contributed by atoms with Crippen molar-refractivity contribution in [2.45, 2.75) is 19.4 Å². The lowest BCUT2D eigenvalue weighted by Gasteiger charge is -2.18. The summed E-state index contributed by atoms with van der Waals surface area (Å²) in [6, 6.07) is 8.04. The summed E-state index contributed by atoms with van der Waals surface area (Å²) < 4.78 is 14.4. The molecular formula is C18H21FN8O. The molecule has 0 saturated carbocycles. The van der Waals surface area contributed by atoms with Gasteiger partial charge in [0.15, 0.2) is 11.6 Å². The summed E-state index contributed by atoms with van der Waals surface area (Å²) in [7, 11) is 0. The molecule has 0 aliphatic carbocycles. The highest BCUT2D eigenvalue weighted by molar-refractivity contribution is 5.98. The van der Waals surface area contributed by atoms with Crippen LogP contribution in [-0.4, -0.2) is 38.5 Å². The lowest BCUT2D eigenvalue weighted by Crippen LogP contribution is -2.29. The molecule has 0 saturated heterocycles. The van der Waals surface area contributed by atoms with Gasteiger partial charge in [-0.1, -0.05) is 13.0 Å². The van der Waals surface area contributed by atoms with E-state index in [9.17, 15) is 9.18 Å². The number of rotatable bonds is 8. The zero-order valence-electron chi connectivity index (χ0n) is 15.3. The number of anilines is 3. The van der Waals surface area contributed by atoms with Gasteiger partial charge in [0.05, 0.1) is 23.6 Å². The largest absolute Gasteiger partial charge is 0.365 e. The first kappa shape index (κ1) is 19.2. The third-order valence-corrected chi connectivity index (χ3v) is 4.12. The molecule has 0 spiro atoms. The van der Waals surface area contributed by atoms with Crippen LogP contribution in [0.4, 0.5) is 21.7 Å². The summed E-state index contributed by atoms with van der Waals surface area (Å²) in [5, 5.41) is 14.1. The number of nitrogens with zero attached hydrogens (tertiary/aromatic N) is 4. The molecule has 2 heterocycles. The van der Waals surface area contributed by atoms with Crippen LogP contribution in [0.5, 0.6) is 0 Å². The Morgan fingerprint density at radius 3 is 2.64 bits per heavy atom. The number of primary amides is 1. The monoisotopic (exact) mass is 384 g/mol. The number of hydrogen-bond donors (Lipinski definition) is 4. The average molecular weight is 384 g/mol. The molecule has 1 amide bonds. The Balaban J connectivity index is 1.96. The fourth-order valence-corrected chi connectivity index (χ4v) is 2.59. The number of pyridine rings is 1. The predicted molar refractivity (Wildman–Crippen MR) is 104 cm³/mol. The van der Waals surface area contributed by atoms with Crippen LogP contribution in [0.3, 0.4) is 0 Å². The van der Waals surface area contributed by atoms with E-state index in [1.165, 1.54) is 4.80 Å². The van der Waals surface area contributed by atoms with Gasteiger partial charge in [-0.2, -0.15) is 15.0 Å². The molecule has 0 aliphatic heterocycles. The fraction of sp³-hybridized carbons (Fsp3) is 0.222. The molecule has 1 aromatic carbocycles. The normalized spacial score (nSPS) is 11.8. The number of amides is 1. The number of aromatic nitrogens is 4. The SMILES string of the molecule is CCC(CN)Nc1nc(Nc2cccc(-n3nccn3)c2)c(C(N)=O)cc1F. The number of carbonyl (C=O) groups excluding carboxylic acids is 1. The first-order valence-corrected chi connectivity index (χ1v) is 8.72. The van der Waals surface area contributed by atoms with Crippen LogP contribution in [0, 0.1) is 5.82 Å². The Morgan fingerprint density at radius 1 is 1.25 bits per heavy atom. The second-order valence-corrected chi connectivity index (χ2v) is 6.06. The van der Waals surface area contributed by atoms with Crippen LogP contribution in [0.15, 0.2) is 42.7 Å². The first-order chi connectivity index (χ1) is 13.5. The summed E-state index contributed by atoms with van der Waals surface area (Å²) in [5.41, 5.74) is 12.3. The Bertz CT molecular complexity index is 956. The van der Waals surface area contributed by atoms with Gasteiger partial charge in [-0.05, 0) is 30.7 Å². The van der Waals surface area contributed by atoms with Crippen LogP contribution in [-0.2, 0) is 0 Å². The minimum Gasteiger partial charge on any atom is -0.365 e. The smallest absolute Gasteiger partial charge is 0.252 e. The average Bonchev–Trinajstić information content (AvgIpc) is 3.23. The quantitative estimate of drug-likeness (QED) is 0.465. The van der Waals surface area contributed by atoms with Crippen LogP contribution in [0.25, 0.3) is 5.69 Å². The van der Waals surface area contributed by atoms with Crippen molar-refractivity contribution in [2.24, 2.45) is 11.5 Å². The number of nitrogens with two attached hydrogens (primary N) is 2. The van der Waals surface area contributed by atoms with Crippen LogP contribution in [0.1, 0.15) is 23.7 Å². The van der Waals surface area contributed by atoms with E-state index in [0.717, 1.165) is 6.07 Å². The van der Waals surface area contributed by atoms with E-state index in [2.05, 4.69) is 25.8 Å². The molecule has 6 N–H and O–H groups in total. The minimum absolute atomic E-state index is 0.00491. The van der Waals surface area contributed by atoms with Crippen LogP contribution < -0.4 is 22.1 Å². The molecule has 3 aromatic rings. The molecule has 0 bridgehead atoms. The van der Waals surface area contributed by atoms with Gasteiger partial charge in [0.25, 0.3) is 5.91 Å². The Morgan fingerprint density at radius 2 is 2.00 bits per heavy atom. The molecule has 0 aliphatic rings. The van der Waals surface area contributed by atoms with Crippen molar-refractivity contribution in [3.8, 4) is 5.69 Å². The van der Waals surface area contributed by atoms with E-state index in [4.69, 9.17) is 11.5 Å². The molecule has 146 valence electrons. The van der Waals surface area contributed by atoms with Crippen molar-refractivity contribution in [2.75, 3.05) is 17.2 Å². The maximum absolute atomic E-state index is 14.4. The summed E-state index contributed by atoms with van der Waals surface area (Å²) in [6.07, 6.45) is 3.82. The third kappa shape index (κ3) is 4.23. The minimum atomic E-state index is -0.795. The van der Waals surface area contributed by atoms with E-state index in [0.29, 0.717) is 24.3 Å². The topological polar surface area (TPSA) is 137 Å². The third-order valence-electron chi connectivity index (χ3n) is 4.12. The van der Waals surface area contributed by atoms with Crippen molar-refractivity contribution in [3.05, 3.63) is 54.1 Å². The number of nitrogens with one attached hydrogen (secondary N) is 2. The maximum atomic E-state index is 14.4. The molecule has 0 fully saturated rings. The summed E-state index contributed by atoms with van der Waals surface area (Å²) in [5.74, 6) is -1.35. The predicted octanol–water partition coefficient (Wildman–Crippen LogP) is 1.79. The lowest BCUT2D eigenvalue weighted by molar-refractivity contribution is 0.100. The van der Waals surface area contributed by atoms with Gasteiger partial charge in [-0.3, -0.25) is 4.79 Å². The van der Waals surface area contributed by atoms with Gasteiger partial charge in [0.1, 0.15) is 5.82 Å².